The molecule has 1 aliphatic rings. The minimum Gasteiger partial charge on any atom is -0.310 e. The van der Waals surface area contributed by atoms with Gasteiger partial charge in [-0.3, -0.25) is 0 Å². The van der Waals surface area contributed by atoms with Gasteiger partial charge in [-0.25, -0.2) is 9.67 Å². The van der Waals surface area contributed by atoms with Gasteiger partial charge in [0.2, 0.25) is 0 Å². The van der Waals surface area contributed by atoms with E-state index >= 15 is 0 Å². The van der Waals surface area contributed by atoms with Gasteiger partial charge in [0, 0.05) is 12.6 Å². The van der Waals surface area contributed by atoms with Crippen molar-refractivity contribution in [3.05, 3.63) is 48.0 Å². The molecule has 17 heavy (non-hydrogen) atoms. The van der Waals surface area contributed by atoms with Crippen molar-refractivity contribution in [3.63, 3.8) is 0 Å². The molecule has 0 amide bonds. The topological polar surface area (TPSA) is 42.7 Å². The highest BCUT2D eigenvalue weighted by Crippen LogP contribution is 2.19. The Bertz CT molecular complexity index is 474. The SMILES string of the molecule is c1cc(CNC2CC2)cc(Cn2cncn2)c1. The fourth-order valence-electron chi connectivity index (χ4n) is 1.89. The van der Waals surface area contributed by atoms with E-state index in [4.69, 9.17) is 0 Å². The van der Waals surface area contributed by atoms with Crippen LogP contribution in [0.3, 0.4) is 0 Å². The van der Waals surface area contributed by atoms with Gasteiger partial charge >= 0.3 is 0 Å². The zero-order valence-electron chi connectivity index (χ0n) is 9.71. The third-order valence-corrected chi connectivity index (χ3v) is 2.97. The van der Waals surface area contributed by atoms with E-state index in [1.165, 1.54) is 24.0 Å². The van der Waals surface area contributed by atoms with Crippen LogP contribution < -0.4 is 5.32 Å². The van der Waals surface area contributed by atoms with Crippen molar-refractivity contribution in [2.24, 2.45) is 0 Å². The summed E-state index contributed by atoms with van der Waals surface area (Å²) in [5.41, 5.74) is 2.61. The number of hydrogen-bond acceptors (Lipinski definition) is 3. The number of nitrogens with one attached hydrogen (secondary N) is 1. The second-order valence-electron chi connectivity index (χ2n) is 4.57. The number of rotatable bonds is 5. The van der Waals surface area contributed by atoms with Gasteiger partial charge in [-0.15, -0.1) is 0 Å². The molecular weight excluding hydrogens is 212 g/mol. The van der Waals surface area contributed by atoms with E-state index in [1.807, 2.05) is 4.68 Å². The standard InChI is InChI=1S/C13H16N4/c1-2-11(7-15-13-4-5-13)6-12(3-1)8-17-10-14-9-16-17/h1-3,6,9-10,13,15H,4-5,7-8H2. The molecule has 4 heteroatoms. The summed E-state index contributed by atoms with van der Waals surface area (Å²) in [5, 5.41) is 7.64. The molecule has 0 unspecified atom stereocenters. The van der Waals surface area contributed by atoms with Gasteiger partial charge in [0.15, 0.2) is 0 Å². The molecule has 0 saturated heterocycles. The first kappa shape index (κ1) is 10.5. The Kier molecular flexibility index (Phi) is 2.88. The second-order valence-corrected chi connectivity index (χ2v) is 4.57. The van der Waals surface area contributed by atoms with Crippen LogP contribution in [-0.2, 0) is 13.1 Å². The number of aromatic nitrogens is 3. The molecule has 3 rings (SSSR count). The summed E-state index contributed by atoms with van der Waals surface area (Å²) in [5.74, 6) is 0. The Balaban J connectivity index is 1.65. The van der Waals surface area contributed by atoms with Crippen molar-refractivity contribution in [3.8, 4) is 0 Å². The van der Waals surface area contributed by atoms with E-state index in [0.717, 1.165) is 19.1 Å². The Morgan fingerprint density at radius 2 is 2.18 bits per heavy atom. The van der Waals surface area contributed by atoms with Crippen LogP contribution in [0.2, 0.25) is 0 Å². The van der Waals surface area contributed by atoms with Gasteiger partial charge in [-0.1, -0.05) is 24.3 Å². The quantitative estimate of drug-likeness (QED) is 0.845. The van der Waals surface area contributed by atoms with Crippen LogP contribution >= 0.6 is 0 Å². The number of benzene rings is 1. The smallest absolute Gasteiger partial charge is 0.137 e. The van der Waals surface area contributed by atoms with Gasteiger partial charge in [0.25, 0.3) is 0 Å². The normalized spacial score (nSPS) is 15.1. The number of nitrogens with zero attached hydrogens (tertiary/aromatic N) is 3. The fourth-order valence-corrected chi connectivity index (χ4v) is 1.89. The van der Waals surface area contributed by atoms with Crippen molar-refractivity contribution in [1.29, 1.82) is 0 Å². The Morgan fingerprint density at radius 1 is 1.29 bits per heavy atom. The molecule has 0 bridgehead atoms. The van der Waals surface area contributed by atoms with Gasteiger partial charge in [0.05, 0.1) is 6.54 Å². The highest BCUT2D eigenvalue weighted by atomic mass is 15.3. The van der Waals surface area contributed by atoms with Gasteiger partial charge in [0.1, 0.15) is 12.7 Å². The van der Waals surface area contributed by atoms with Crippen LogP contribution in [0.15, 0.2) is 36.9 Å². The first-order valence-corrected chi connectivity index (χ1v) is 6.04. The van der Waals surface area contributed by atoms with Crippen LogP contribution in [0.25, 0.3) is 0 Å². The zero-order chi connectivity index (χ0) is 11.5. The maximum Gasteiger partial charge on any atom is 0.137 e. The highest BCUT2D eigenvalue weighted by Gasteiger charge is 2.19. The predicted octanol–water partition coefficient (Wildman–Crippen LogP) is 1.58. The molecule has 0 aliphatic heterocycles. The van der Waals surface area contributed by atoms with E-state index in [-0.39, 0.29) is 0 Å². The molecule has 1 saturated carbocycles. The van der Waals surface area contributed by atoms with Crippen molar-refractivity contribution >= 4 is 0 Å². The summed E-state index contributed by atoms with van der Waals surface area (Å²) in [4.78, 5) is 3.95. The molecular formula is C13H16N4. The first-order valence-electron chi connectivity index (χ1n) is 6.04. The maximum absolute atomic E-state index is 4.12. The molecule has 1 aromatic carbocycles. The molecule has 2 aromatic rings. The lowest BCUT2D eigenvalue weighted by atomic mass is 10.1. The Morgan fingerprint density at radius 3 is 2.94 bits per heavy atom. The Hall–Kier alpha value is -1.68. The van der Waals surface area contributed by atoms with E-state index in [0.29, 0.717) is 0 Å². The van der Waals surface area contributed by atoms with Crippen LogP contribution in [0.4, 0.5) is 0 Å². The monoisotopic (exact) mass is 228 g/mol. The third kappa shape index (κ3) is 2.91. The third-order valence-electron chi connectivity index (χ3n) is 2.97. The van der Waals surface area contributed by atoms with Crippen LogP contribution in [0.5, 0.6) is 0 Å². The molecule has 1 N–H and O–H groups in total. The lowest BCUT2D eigenvalue weighted by Crippen LogP contribution is -2.15. The highest BCUT2D eigenvalue weighted by molar-refractivity contribution is 5.23. The van der Waals surface area contributed by atoms with E-state index in [1.54, 1.807) is 12.7 Å². The summed E-state index contributed by atoms with van der Waals surface area (Å²) in [6, 6.07) is 9.39. The van der Waals surface area contributed by atoms with E-state index in [2.05, 4.69) is 39.7 Å². The van der Waals surface area contributed by atoms with Crippen molar-refractivity contribution in [1.82, 2.24) is 20.1 Å². The minimum absolute atomic E-state index is 0.758. The maximum atomic E-state index is 4.12. The van der Waals surface area contributed by atoms with E-state index < -0.39 is 0 Å². The van der Waals surface area contributed by atoms with E-state index in [9.17, 15) is 0 Å². The van der Waals surface area contributed by atoms with Crippen LogP contribution in [-0.4, -0.2) is 20.8 Å². The van der Waals surface area contributed by atoms with Crippen LogP contribution in [0.1, 0.15) is 24.0 Å². The minimum atomic E-state index is 0.758. The molecule has 1 aliphatic carbocycles. The van der Waals surface area contributed by atoms with Gasteiger partial charge in [-0.05, 0) is 24.0 Å². The van der Waals surface area contributed by atoms with Crippen molar-refractivity contribution in [2.45, 2.75) is 32.0 Å². The summed E-state index contributed by atoms with van der Waals surface area (Å²) >= 11 is 0. The largest absolute Gasteiger partial charge is 0.310 e. The number of hydrogen-bond donors (Lipinski definition) is 1. The molecule has 0 atom stereocenters. The van der Waals surface area contributed by atoms with Crippen molar-refractivity contribution < 1.29 is 0 Å². The first-order chi connectivity index (χ1) is 8.40. The molecule has 4 nitrogen and oxygen atoms in total. The predicted molar refractivity (Wildman–Crippen MR) is 65.4 cm³/mol. The zero-order valence-corrected chi connectivity index (χ0v) is 9.71. The van der Waals surface area contributed by atoms with Gasteiger partial charge in [-0.2, -0.15) is 5.10 Å². The lowest BCUT2D eigenvalue weighted by Gasteiger charge is -2.06. The molecule has 0 radical (unpaired) electrons. The molecule has 1 fully saturated rings. The molecule has 1 heterocycles. The molecule has 0 spiro atoms. The lowest BCUT2D eigenvalue weighted by molar-refractivity contribution is 0.674. The average Bonchev–Trinajstić information content (AvgIpc) is 3.05. The second kappa shape index (κ2) is 4.67. The summed E-state index contributed by atoms with van der Waals surface area (Å²) in [6.45, 7) is 1.76. The average molecular weight is 228 g/mol. The summed E-state index contributed by atoms with van der Waals surface area (Å²) < 4.78 is 1.84. The fraction of sp³-hybridized carbons (Fsp3) is 0.385. The van der Waals surface area contributed by atoms with Crippen molar-refractivity contribution in [2.75, 3.05) is 0 Å². The Labute approximate surface area is 101 Å². The van der Waals surface area contributed by atoms with Crippen LogP contribution in [0, 0.1) is 0 Å². The van der Waals surface area contributed by atoms with Gasteiger partial charge < -0.3 is 5.32 Å². The summed E-state index contributed by atoms with van der Waals surface area (Å²) in [7, 11) is 0. The molecule has 88 valence electrons. The summed E-state index contributed by atoms with van der Waals surface area (Å²) in [6.07, 6.45) is 5.98. The molecule has 1 aromatic heterocycles.